The third kappa shape index (κ3) is 3.94. The molecule has 2 heterocycles. The Bertz CT molecular complexity index is 1030. The fourth-order valence-electron chi connectivity index (χ4n) is 2.42. The lowest BCUT2D eigenvalue weighted by atomic mass is 10.2. The molecular weight excluding hydrogens is 412 g/mol. The van der Waals surface area contributed by atoms with E-state index in [9.17, 15) is 8.42 Å². The van der Waals surface area contributed by atoms with Crippen LogP contribution in [0, 0.1) is 13.8 Å². The first-order chi connectivity index (χ1) is 12.3. The number of sulfonamides is 1. The van der Waals surface area contributed by atoms with Gasteiger partial charge in [-0.1, -0.05) is 17.7 Å². The van der Waals surface area contributed by atoms with Crippen molar-refractivity contribution in [3.63, 3.8) is 0 Å². The standard InChI is InChI=1S/C17H17ClN2O3S3/c1-10-7-13(23-3)12(18)8-16(10)26(21,22)19-9-15-11(2)20-17(25-15)14-5-4-6-24-14/h4-8,19H,9H2,1-3H3. The van der Waals surface area contributed by atoms with E-state index in [-0.39, 0.29) is 16.5 Å². The van der Waals surface area contributed by atoms with Gasteiger partial charge in [-0.05, 0) is 43.0 Å². The van der Waals surface area contributed by atoms with Crippen molar-refractivity contribution in [3.05, 3.63) is 50.8 Å². The maximum Gasteiger partial charge on any atom is 0.241 e. The van der Waals surface area contributed by atoms with Crippen molar-refractivity contribution in [2.75, 3.05) is 7.11 Å². The minimum atomic E-state index is -3.71. The topological polar surface area (TPSA) is 68.3 Å². The first kappa shape index (κ1) is 19.3. The van der Waals surface area contributed by atoms with Crippen LogP contribution < -0.4 is 9.46 Å². The molecule has 138 valence electrons. The van der Waals surface area contributed by atoms with E-state index >= 15 is 0 Å². The average molecular weight is 429 g/mol. The maximum atomic E-state index is 12.7. The number of halogens is 1. The van der Waals surface area contributed by atoms with Crippen LogP contribution in [0.5, 0.6) is 5.75 Å². The van der Waals surface area contributed by atoms with Crippen LogP contribution in [0.15, 0.2) is 34.5 Å². The number of hydrogen-bond acceptors (Lipinski definition) is 6. The molecule has 1 aromatic carbocycles. The number of benzene rings is 1. The molecule has 3 rings (SSSR count). The van der Waals surface area contributed by atoms with Gasteiger partial charge >= 0.3 is 0 Å². The molecule has 3 aromatic rings. The fraction of sp³-hybridized carbons (Fsp3) is 0.235. The Morgan fingerprint density at radius 1 is 1.31 bits per heavy atom. The summed E-state index contributed by atoms with van der Waals surface area (Å²) in [5.74, 6) is 0.446. The molecule has 0 spiro atoms. The molecule has 2 aromatic heterocycles. The Kier molecular flexibility index (Phi) is 5.69. The minimum absolute atomic E-state index is 0.143. The Hall–Kier alpha value is -1.45. The highest BCUT2D eigenvalue weighted by Crippen LogP contribution is 2.32. The van der Waals surface area contributed by atoms with Gasteiger partial charge in [0.05, 0.1) is 27.6 Å². The number of rotatable bonds is 6. The summed E-state index contributed by atoms with van der Waals surface area (Å²) in [7, 11) is -2.22. The van der Waals surface area contributed by atoms with Gasteiger partial charge in [0, 0.05) is 11.4 Å². The van der Waals surface area contributed by atoms with Crippen LogP contribution in [0.1, 0.15) is 16.1 Å². The van der Waals surface area contributed by atoms with Gasteiger partial charge in [0.2, 0.25) is 10.0 Å². The third-order valence-corrected chi connectivity index (χ3v) is 7.82. The van der Waals surface area contributed by atoms with Crippen LogP contribution in [0.25, 0.3) is 9.88 Å². The molecule has 0 fully saturated rings. The van der Waals surface area contributed by atoms with Gasteiger partial charge in [-0.3, -0.25) is 0 Å². The van der Waals surface area contributed by atoms with Crippen LogP contribution in [-0.2, 0) is 16.6 Å². The van der Waals surface area contributed by atoms with Crippen molar-refractivity contribution in [2.45, 2.75) is 25.3 Å². The number of nitrogens with zero attached hydrogens (tertiary/aromatic N) is 1. The molecule has 0 saturated carbocycles. The van der Waals surface area contributed by atoms with Gasteiger partial charge in [0.1, 0.15) is 10.8 Å². The summed E-state index contributed by atoms with van der Waals surface area (Å²) in [6.45, 7) is 3.77. The van der Waals surface area contributed by atoms with Gasteiger partial charge in [0.15, 0.2) is 0 Å². The van der Waals surface area contributed by atoms with Crippen molar-refractivity contribution in [1.29, 1.82) is 0 Å². The molecule has 0 bridgehead atoms. The number of aromatic nitrogens is 1. The molecule has 0 aliphatic heterocycles. The van der Waals surface area contributed by atoms with E-state index in [1.807, 2.05) is 24.4 Å². The zero-order valence-corrected chi connectivity index (χ0v) is 17.6. The summed E-state index contributed by atoms with van der Waals surface area (Å²) < 4.78 is 33.2. The zero-order valence-electron chi connectivity index (χ0n) is 14.4. The van der Waals surface area contributed by atoms with E-state index in [2.05, 4.69) is 9.71 Å². The van der Waals surface area contributed by atoms with Crippen molar-refractivity contribution < 1.29 is 13.2 Å². The summed E-state index contributed by atoms with van der Waals surface area (Å²) in [6.07, 6.45) is 0. The quantitative estimate of drug-likeness (QED) is 0.621. The van der Waals surface area contributed by atoms with E-state index in [4.69, 9.17) is 16.3 Å². The molecule has 0 aliphatic rings. The first-order valence-electron chi connectivity index (χ1n) is 7.66. The molecule has 5 nitrogen and oxygen atoms in total. The SMILES string of the molecule is COc1cc(C)c(S(=O)(=O)NCc2sc(-c3cccs3)nc2C)cc1Cl. The first-order valence-corrected chi connectivity index (χ1v) is 11.2. The molecule has 0 aliphatic carbocycles. The Labute approximate surface area is 165 Å². The van der Waals surface area contributed by atoms with Crippen molar-refractivity contribution in [1.82, 2.24) is 9.71 Å². The van der Waals surface area contributed by atoms with Crippen molar-refractivity contribution in [2.24, 2.45) is 0 Å². The predicted molar refractivity (Wildman–Crippen MR) is 107 cm³/mol. The van der Waals surface area contributed by atoms with Gasteiger partial charge in [-0.25, -0.2) is 18.1 Å². The Morgan fingerprint density at radius 3 is 2.73 bits per heavy atom. The second kappa shape index (κ2) is 7.66. The smallest absolute Gasteiger partial charge is 0.241 e. The summed E-state index contributed by atoms with van der Waals surface area (Å²) in [4.78, 5) is 6.64. The van der Waals surface area contributed by atoms with Crippen molar-refractivity contribution >= 4 is 44.3 Å². The zero-order chi connectivity index (χ0) is 18.9. The molecular formula is C17H17ClN2O3S3. The van der Waals surface area contributed by atoms with E-state index in [1.54, 1.807) is 24.3 Å². The number of nitrogens with one attached hydrogen (secondary N) is 1. The third-order valence-electron chi connectivity index (χ3n) is 3.79. The summed E-state index contributed by atoms with van der Waals surface area (Å²) in [5, 5.41) is 3.15. The maximum absolute atomic E-state index is 12.7. The molecule has 9 heteroatoms. The summed E-state index contributed by atoms with van der Waals surface area (Å²) in [5.41, 5.74) is 1.39. The van der Waals surface area contributed by atoms with Crippen LogP contribution in [0.4, 0.5) is 0 Å². The van der Waals surface area contributed by atoms with E-state index < -0.39 is 10.0 Å². The largest absolute Gasteiger partial charge is 0.495 e. The van der Waals surface area contributed by atoms with Gasteiger partial charge in [-0.15, -0.1) is 22.7 Å². The Morgan fingerprint density at radius 2 is 2.08 bits per heavy atom. The van der Waals surface area contributed by atoms with E-state index in [1.165, 1.54) is 24.5 Å². The molecule has 1 N–H and O–H groups in total. The monoisotopic (exact) mass is 428 g/mol. The minimum Gasteiger partial charge on any atom is -0.495 e. The molecule has 0 atom stereocenters. The molecule has 0 radical (unpaired) electrons. The second-order valence-electron chi connectivity index (χ2n) is 5.58. The lowest BCUT2D eigenvalue weighted by Crippen LogP contribution is -2.24. The average Bonchev–Trinajstić information content (AvgIpc) is 3.24. The fourth-order valence-corrected chi connectivity index (χ4v) is 5.86. The van der Waals surface area contributed by atoms with Crippen LogP contribution >= 0.6 is 34.3 Å². The number of aryl methyl sites for hydroxylation is 2. The van der Waals surface area contributed by atoms with Gasteiger partial charge < -0.3 is 4.74 Å². The van der Waals surface area contributed by atoms with Crippen LogP contribution in [-0.4, -0.2) is 20.5 Å². The highest BCUT2D eigenvalue weighted by atomic mass is 35.5. The molecule has 0 amide bonds. The molecule has 0 unspecified atom stereocenters. The lowest BCUT2D eigenvalue weighted by molar-refractivity contribution is 0.414. The normalized spacial score (nSPS) is 11.7. The molecule has 0 saturated heterocycles. The van der Waals surface area contributed by atoms with Gasteiger partial charge in [-0.2, -0.15) is 0 Å². The van der Waals surface area contributed by atoms with Gasteiger partial charge in [0.25, 0.3) is 0 Å². The van der Waals surface area contributed by atoms with Crippen molar-refractivity contribution in [3.8, 4) is 15.6 Å². The number of hydrogen-bond donors (Lipinski definition) is 1. The number of thiophene rings is 1. The summed E-state index contributed by atoms with van der Waals surface area (Å²) in [6, 6.07) is 6.99. The van der Waals surface area contributed by atoms with E-state index in [0.717, 1.165) is 20.5 Å². The summed E-state index contributed by atoms with van der Waals surface area (Å²) >= 11 is 9.19. The lowest BCUT2D eigenvalue weighted by Gasteiger charge is -2.11. The highest BCUT2D eigenvalue weighted by Gasteiger charge is 2.20. The molecule has 26 heavy (non-hydrogen) atoms. The number of thiazole rings is 1. The predicted octanol–water partition coefficient (Wildman–Crippen LogP) is 4.63. The van der Waals surface area contributed by atoms with Crippen LogP contribution in [0.2, 0.25) is 5.02 Å². The number of methoxy groups -OCH3 is 1. The van der Waals surface area contributed by atoms with Crippen LogP contribution in [0.3, 0.4) is 0 Å². The number of ether oxygens (including phenoxy) is 1. The second-order valence-corrected chi connectivity index (χ2v) is 9.76. The Balaban J connectivity index is 1.82. The highest BCUT2D eigenvalue weighted by molar-refractivity contribution is 7.89. The van der Waals surface area contributed by atoms with E-state index in [0.29, 0.717) is 11.3 Å².